The van der Waals surface area contributed by atoms with Crippen molar-refractivity contribution in [2.45, 2.75) is 25.3 Å². The summed E-state index contributed by atoms with van der Waals surface area (Å²) in [6.45, 7) is 0.185. The Kier molecular flexibility index (Phi) is 4.73. The van der Waals surface area contributed by atoms with Crippen LogP contribution in [0.5, 0.6) is 0 Å². The van der Waals surface area contributed by atoms with Crippen molar-refractivity contribution in [3.63, 3.8) is 0 Å². The topological polar surface area (TPSA) is 69.6 Å². The molecule has 1 aromatic rings. The van der Waals surface area contributed by atoms with Crippen LogP contribution in [0.15, 0.2) is 18.2 Å². The van der Waals surface area contributed by atoms with Crippen LogP contribution in [-0.4, -0.2) is 34.6 Å². The molecule has 0 aliphatic heterocycles. The zero-order chi connectivity index (χ0) is 14.7. The van der Waals surface area contributed by atoms with E-state index in [4.69, 9.17) is 28.3 Å². The van der Waals surface area contributed by atoms with Gasteiger partial charge in [-0.1, -0.05) is 23.2 Å². The number of hydrogen-bond acceptors (Lipinski definition) is 2. The second kappa shape index (κ2) is 6.33. The fraction of sp³-hybridized carbons (Fsp3) is 0.385. The highest BCUT2D eigenvalue weighted by molar-refractivity contribution is 6.35. The number of urea groups is 1. The average molecular weight is 317 g/mol. The molecule has 1 fully saturated rings. The van der Waals surface area contributed by atoms with Gasteiger partial charge in [0.15, 0.2) is 0 Å². The number of carbonyl (C=O) groups is 2. The van der Waals surface area contributed by atoms with E-state index in [0.717, 1.165) is 12.8 Å². The Balaban J connectivity index is 2.04. The van der Waals surface area contributed by atoms with Crippen LogP contribution in [0.1, 0.15) is 19.3 Å². The van der Waals surface area contributed by atoms with Crippen LogP contribution in [0.25, 0.3) is 0 Å². The first kappa shape index (κ1) is 14.9. The molecule has 0 unspecified atom stereocenters. The third-order valence-corrected chi connectivity index (χ3v) is 3.55. The van der Waals surface area contributed by atoms with Gasteiger partial charge in [0.2, 0.25) is 0 Å². The fourth-order valence-corrected chi connectivity index (χ4v) is 2.17. The summed E-state index contributed by atoms with van der Waals surface area (Å²) in [5.41, 5.74) is 0.421. The number of carboxylic acid groups (broad SMARTS) is 1. The number of aliphatic carboxylic acids is 1. The first-order valence-electron chi connectivity index (χ1n) is 6.22. The zero-order valence-electron chi connectivity index (χ0n) is 10.6. The highest BCUT2D eigenvalue weighted by Gasteiger charge is 2.32. The Bertz CT molecular complexity index is 532. The van der Waals surface area contributed by atoms with Crippen molar-refractivity contribution >= 4 is 40.9 Å². The Morgan fingerprint density at radius 1 is 1.35 bits per heavy atom. The van der Waals surface area contributed by atoms with Crippen LogP contribution in [0.4, 0.5) is 10.5 Å². The highest BCUT2D eigenvalue weighted by Crippen LogP contribution is 2.29. The van der Waals surface area contributed by atoms with E-state index in [1.54, 1.807) is 18.2 Å². The lowest BCUT2D eigenvalue weighted by Gasteiger charge is -2.22. The number of nitrogens with zero attached hydrogens (tertiary/aromatic N) is 1. The van der Waals surface area contributed by atoms with Crippen molar-refractivity contribution in [3.8, 4) is 0 Å². The maximum atomic E-state index is 12.2. The van der Waals surface area contributed by atoms with Crippen molar-refractivity contribution in [2.24, 2.45) is 0 Å². The quantitative estimate of drug-likeness (QED) is 0.873. The van der Waals surface area contributed by atoms with Gasteiger partial charge < -0.3 is 15.3 Å². The molecular weight excluding hydrogens is 303 g/mol. The Hall–Kier alpha value is -1.46. The van der Waals surface area contributed by atoms with Gasteiger partial charge in [-0.05, 0) is 31.0 Å². The maximum absolute atomic E-state index is 12.2. The second-order valence-corrected chi connectivity index (χ2v) is 5.47. The third kappa shape index (κ3) is 4.02. The number of halogens is 2. The number of amides is 2. The van der Waals surface area contributed by atoms with Gasteiger partial charge in [-0.3, -0.25) is 4.79 Å². The molecule has 2 amide bonds. The minimum absolute atomic E-state index is 0.0762. The molecule has 0 bridgehead atoms. The molecule has 2 rings (SSSR count). The first-order chi connectivity index (χ1) is 9.47. The molecule has 0 aromatic heterocycles. The van der Waals surface area contributed by atoms with Crippen LogP contribution in [0, 0.1) is 0 Å². The van der Waals surface area contributed by atoms with Gasteiger partial charge in [0.1, 0.15) is 0 Å². The lowest BCUT2D eigenvalue weighted by Crippen LogP contribution is -2.38. The molecule has 1 aromatic carbocycles. The maximum Gasteiger partial charge on any atom is 0.322 e. The molecule has 0 saturated heterocycles. The van der Waals surface area contributed by atoms with Crippen LogP contribution in [0.3, 0.4) is 0 Å². The van der Waals surface area contributed by atoms with Gasteiger partial charge in [-0.2, -0.15) is 0 Å². The van der Waals surface area contributed by atoms with Crippen LogP contribution < -0.4 is 5.32 Å². The van der Waals surface area contributed by atoms with Crippen molar-refractivity contribution in [1.29, 1.82) is 0 Å². The summed E-state index contributed by atoms with van der Waals surface area (Å²) >= 11 is 11.8. The Morgan fingerprint density at radius 2 is 2.05 bits per heavy atom. The molecule has 0 spiro atoms. The molecule has 0 atom stereocenters. The smallest absolute Gasteiger partial charge is 0.322 e. The number of carboxylic acids is 1. The number of benzene rings is 1. The summed E-state index contributed by atoms with van der Waals surface area (Å²) < 4.78 is 0. The Labute approximate surface area is 126 Å². The largest absolute Gasteiger partial charge is 0.481 e. The second-order valence-electron chi connectivity index (χ2n) is 4.62. The van der Waals surface area contributed by atoms with Gasteiger partial charge in [-0.25, -0.2) is 4.79 Å². The van der Waals surface area contributed by atoms with Gasteiger partial charge in [0, 0.05) is 17.6 Å². The lowest BCUT2D eigenvalue weighted by molar-refractivity contribution is -0.137. The molecule has 2 N–H and O–H groups in total. The van der Waals surface area contributed by atoms with Crippen LogP contribution in [-0.2, 0) is 4.79 Å². The summed E-state index contributed by atoms with van der Waals surface area (Å²) in [6.07, 6.45) is 1.72. The summed E-state index contributed by atoms with van der Waals surface area (Å²) in [5.74, 6) is -0.927. The number of anilines is 1. The molecule has 1 aliphatic carbocycles. The first-order valence-corrected chi connectivity index (χ1v) is 6.97. The van der Waals surface area contributed by atoms with Gasteiger partial charge in [0.05, 0.1) is 17.1 Å². The highest BCUT2D eigenvalue weighted by atomic mass is 35.5. The minimum atomic E-state index is -0.927. The zero-order valence-corrected chi connectivity index (χ0v) is 12.1. The molecule has 108 valence electrons. The molecule has 7 heteroatoms. The van der Waals surface area contributed by atoms with Gasteiger partial charge >= 0.3 is 12.0 Å². The van der Waals surface area contributed by atoms with Gasteiger partial charge in [-0.15, -0.1) is 0 Å². The Morgan fingerprint density at radius 3 is 2.65 bits per heavy atom. The molecule has 5 nitrogen and oxygen atoms in total. The van der Waals surface area contributed by atoms with Crippen molar-refractivity contribution in [2.75, 3.05) is 11.9 Å². The normalized spacial score (nSPS) is 13.9. The number of hydrogen-bond donors (Lipinski definition) is 2. The summed E-state index contributed by atoms with van der Waals surface area (Å²) in [5, 5.41) is 12.2. The summed E-state index contributed by atoms with van der Waals surface area (Å²) in [7, 11) is 0. The molecular formula is C13H14Cl2N2O3. The average Bonchev–Trinajstić information content (AvgIpc) is 3.18. The predicted molar refractivity (Wildman–Crippen MR) is 77.5 cm³/mol. The SMILES string of the molecule is O=C(O)CCN(C(=O)Nc1cc(Cl)ccc1Cl)C1CC1. The van der Waals surface area contributed by atoms with E-state index in [-0.39, 0.29) is 25.0 Å². The van der Waals surface area contributed by atoms with Crippen molar-refractivity contribution < 1.29 is 14.7 Å². The minimum Gasteiger partial charge on any atom is -0.481 e. The predicted octanol–water partition coefficient (Wildman–Crippen LogP) is 3.46. The molecule has 0 radical (unpaired) electrons. The van der Waals surface area contributed by atoms with Crippen LogP contribution >= 0.6 is 23.2 Å². The third-order valence-electron chi connectivity index (χ3n) is 2.99. The lowest BCUT2D eigenvalue weighted by atomic mass is 10.3. The van der Waals surface area contributed by atoms with Gasteiger partial charge in [0.25, 0.3) is 0 Å². The van der Waals surface area contributed by atoms with E-state index < -0.39 is 5.97 Å². The summed E-state index contributed by atoms with van der Waals surface area (Å²) in [4.78, 5) is 24.4. The van der Waals surface area contributed by atoms with E-state index in [1.807, 2.05) is 0 Å². The van der Waals surface area contributed by atoms with Crippen molar-refractivity contribution in [1.82, 2.24) is 4.90 Å². The summed E-state index contributed by atoms with van der Waals surface area (Å²) in [6, 6.07) is 4.55. The standard InChI is InChI=1S/C13H14Cl2N2O3/c14-8-1-4-10(15)11(7-8)16-13(20)17(9-2-3-9)6-5-12(18)19/h1,4,7,9H,2-3,5-6H2,(H,16,20)(H,18,19). The number of nitrogens with one attached hydrogen (secondary N) is 1. The number of rotatable bonds is 5. The monoisotopic (exact) mass is 316 g/mol. The van der Waals surface area contributed by atoms with E-state index in [2.05, 4.69) is 5.32 Å². The molecule has 0 heterocycles. The van der Waals surface area contributed by atoms with Crippen molar-refractivity contribution in [3.05, 3.63) is 28.2 Å². The fourth-order valence-electron chi connectivity index (χ4n) is 1.83. The molecule has 20 heavy (non-hydrogen) atoms. The van der Waals surface area contributed by atoms with Crippen LogP contribution in [0.2, 0.25) is 10.0 Å². The molecule has 1 aliphatic rings. The van der Waals surface area contributed by atoms with E-state index in [1.165, 1.54) is 4.90 Å². The number of carbonyl (C=O) groups excluding carboxylic acids is 1. The van der Waals surface area contributed by atoms with E-state index >= 15 is 0 Å². The van der Waals surface area contributed by atoms with E-state index in [0.29, 0.717) is 15.7 Å². The van der Waals surface area contributed by atoms with E-state index in [9.17, 15) is 9.59 Å². The molecule has 1 saturated carbocycles.